The average Bonchev–Trinajstić information content (AvgIpc) is 3.46. The van der Waals surface area contributed by atoms with E-state index >= 15 is 0 Å². The monoisotopic (exact) mass is 409 g/mol. The number of phenols is 1. The zero-order valence-corrected chi connectivity index (χ0v) is 17.8. The van der Waals surface area contributed by atoms with Crippen molar-refractivity contribution in [3.8, 4) is 5.75 Å². The normalized spacial score (nSPS) is 32.6. The number of phenolic OH excluding ortho intramolecular Hbond substituents is 1. The molecule has 160 valence electrons. The molecule has 6 rings (SSSR count). The van der Waals surface area contributed by atoms with Crippen molar-refractivity contribution in [2.75, 3.05) is 13.1 Å². The second-order valence-corrected chi connectivity index (χ2v) is 10.4. The van der Waals surface area contributed by atoms with Gasteiger partial charge in [0.15, 0.2) is 0 Å². The van der Waals surface area contributed by atoms with Crippen molar-refractivity contribution in [3.05, 3.63) is 50.9 Å². The Hall–Kier alpha value is -2.05. The summed E-state index contributed by atoms with van der Waals surface area (Å²) in [5, 5.41) is 26.1. The highest BCUT2D eigenvalue weighted by molar-refractivity contribution is 5.51. The van der Waals surface area contributed by atoms with Gasteiger partial charge in [0.25, 0.3) is 5.56 Å². The molecule has 1 aliphatic heterocycles. The van der Waals surface area contributed by atoms with Gasteiger partial charge in [-0.25, -0.2) is 0 Å². The van der Waals surface area contributed by atoms with Crippen LogP contribution in [-0.2, 0) is 24.7 Å². The van der Waals surface area contributed by atoms with Crippen LogP contribution >= 0.6 is 0 Å². The van der Waals surface area contributed by atoms with Crippen molar-refractivity contribution >= 4 is 0 Å². The Morgan fingerprint density at radius 3 is 2.80 bits per heavy atom. The quantitative estimate of drug-likeness (QED) is 0.726. The predicted molar refractivity (Wildman–Crippen MR) is 114 cm³/mol. The molecule has 0 unspecified atom stereocenters. The number of H-pyrrole nitrogens is 1. The van der Waals surface area contributed by atoms with Crippen LogP contribution in [0.5, 0.6) is 5.75 Å². The zero-order valence-electron chi connectivity index (χ0n) is 17.8. The van der Waals surface area contributed by atoms with E-state index in [4.69, 9.17) is 0 Å². The minimum atomic E-state index is -0.996. The molecule has 2 aromatic rings. The number of fused-ring (bicyclic) bond motifs is 2. The van der Waals surface area contributed by atoms with E-state index in [1.54, 1.807) is 10.7 Å². The lowest BCUT2D eigenvalue weighted by atomic mass is 9.49. The molecule has 3 N–H and O–H groups in total. The van der Waals surface area contributed by atoms with Crippen LogP contribution in [0.15, 0.2) is 23.0 Å². The largest absolute Gasteiger partial charge is 0.508 e. The summed E-state index contributed by atoms with van der Waals surface area (Å²) >= 11 is 0. The minimum Gasteiger partial charge on any atom is -0.508 e. The fourth-order valence-electron chi connectivity index (χ4n) is 6.67. The SMILES string of the molecule is CC(C)n1[nH]c2c(c1=O)C[C@@]1(O)[C@H]3Cc4ccc(O)cc4[C@@]1(CCN3CC1CC1)C2. The van der Waals surface area contributed by atoms with Gasteiger partial charge in [-0.1, -0.05) is 6.07 Å². The summed E-state index contributed by atoms with van der Waals surface area (Å²) < 4.78 is 1.71. The van der Waals surface area contributed by atoms with Gasteiger partial charge in [-0.2, -0.15) is 0 Å². The first-order chi connectivity index (χ1) is 14.3. The molecule has 1 aromatic heterocycles. The first-order valence-corrected chi connectivity index (χ1v) is 11.4. The average molecular weight is 410 g/mol. The lowest BCUT2D eigenvalue weighted by Gasteiger charge is -2.63. The van der Waals surface area contributed by atoms with Crippen molar-refractivity contribution in [3.63, 3.8) is 0 Å². The number of nitrogens with one attached hydrogen (secondary N) is 1. The van der Waals surface area contributed by atoms with E-state index in [1.165, 1.54) is 18.4 Å². The van der Waals surface area contributed by atoms with Gasteiger partial charge in [-0.3, -0.25) is 19.5 Å². The molecule has 6 nitrogen and oxygen atoms in total. The molecule has 4 aliphatic rings. The van der Waals surface area contributed by atoms with Crippen LogP contribution in [0.3, 0.4) is 0 Å². The lowest BCUT2D eigenvalue weighted by molar-refractivity contribution is -0.152. The molecule has 0 radical (unpaired) electrons. The maximum atomic E-state index is 13.1. The molecule has 1 saturated carbocycles. The fraction of sp³-hybridized carbons (Fsp3) is 0.625. The standard InChI is InChI=1S/C24H31N3O3/c1-14(2)27-22(29)18-11-24(30)21-9-16-5-6-17(28)10-19(16)23(24,12-20(18)25-27)7-8-26(21)13-15-3-4-15/h5-6,10,14-15,21,25,28,30H,3-4,7-9,11-13H2,1-2H3/t21-,23-,24-/m1/s1. The Bertz CT molecular complexity index is 1080. The highest BCUT2D eigenvalue weighted by Gasteiger charge is 2.65. The van der Waals surface area contributed by atoms with Crippen LogP contribution < -0.4 is 5.56 Å². The summed E-state index contributed by atoms with van der Waals surface area (Å²) in [5.74, 6) is 1.01. The van der Waals surface area contributed by atoms with Gasteiger partial charge in [0.1, 0.15) is 5.75 Å². The first-order valence-electron chi connectivity index (χ1n) is 11.4. The molecule has 3 atom stereocenters. The highest BCUT2D eigenvalue weighted by Crippen LogP contribution is 2.57. The van der Waals surface area contributed by atoms with Crippen molar-refractivity contribution in [2.24, 2.45) is 5.92 Å². The molecule has 0 spiro atoms. The number of nitrogens with zero attached hydrogens (tertiary/aromatic N) is 2. The minimum absolute atomic E-state index is 0.0109. The second-order valence-electron chi connectivity index (χ2n) is 10.4. The first kappa shape index (κ1) is 18.7. The van der Waals surface area contributed by atoms with Crippen molar-refractivity contribution < 1.29 is 10.2 Å². The van der Waals surface area contributed by atoms with Crippen LogP contribution in [0.4, 0.5) is 0 Å². The third-order valence-corrected chi connectivity index (χ3v) is 8.40. The van der Waals surface area contributed by atoms with Gasteiger partial charge in [0, 0.05) is 48.1 Å². The highest BCUT2D eigenvalue weighted by atomic mass is 16.3. The third-order valence-electron chi connectivity index (χ3n) is 8.40. The van der Waals surface area contributed by atoms with E-state index in [9.17, 15) is 15.0 Å². The number of aromatic amines is 1. The van der Waals surface area contributed by atoms with E-state index in [0.717, 1.165) is 48.7 Å². The maximum absolute atomic E-state index is 13.1. The molecule has 1 saturated heterocycles. The zero-order chi connectivity index (χ0) is 20.8. The Morgan fingerprint density at radius 1 is 1.27 bits per heavy atom. The number of benzene rings is 1. The van der Waals surface area contributed by atoms with Crippen LogP contribution in [0.2, 0.25) is 0 Å². The molecule has 3 aliphatic carbocycles. The van der Waals surface area contributed by atoms with E-state index in [-0.39, 0.29) is 23.4 Å². The number of aromatic hydroxyl groups is 1. The van der Waals surface area contributed by atoms with Crippen molar-refractivity contribution in [1.82, 2.24) is 14.7 Å². The molecule has 0 amide bonds. The topological polar surface area (TPSA) is 81.5 Å². The molecule has 1 aromatic carbocycles. The molecule has 2 heterocycles. The summed E-state index contributed by atoms with van der Waals surface area (Å²) in [6, 6.07) is 5.75. The molecule has 2 fully saturated rings. The van der Waals surface area contributed by atoms with Gasteiger partial charge in [0.05, 0.1) is 5.60 Å². The predicted octanol–water partition coefficient (Wildman–Crippen LogP) is 2.27. The number of aliphatic hydroxyl groups is 1. The van der Waals surface area contributed by atoms with Gasteiger partial charge in [-0.05, 0) is 75.3 Å². The molecular weight excluding hydrogens is 378 g/mol. The molecule has 6 heteroatoms. The summed E-state index contributed by atoms with van der Waals surface area (Å²) in [4.78, 5) is 15.6. The van der Waals surface area contributed by atoms with Crippen LogP contribution in [0.25, 0.3) is 0 Å². The van der Waals surface area contributed by atoms with Gasteiger partial charge >= 0.3 is 0 Å². The summed E-state index contributed by atoms with van der Waals surface area (Å²) in [5.41, 5.74) is 2.57. The maximum Gasteiger partial charge on any atom is 0.270 e. The lowest BCUT2D eigenvalue weighted by Crippen LogP contribution is -2.74. The van der Waals surface area contributed by atoms with Gasteiger partial charge in [-0.15, -0.1) is 0 Å². The molecular formula is C24H31N3O3. The number of rotatable bonds is 3. The number of hydrogen-bond acceptors (Lipinski definition) is 4. The second kappa shape index (κ2) is 6.01. The molecule has 30 heavy (non-hydrogen) atoms. The Balaban J connectivity index is 1.55. The number of piperidine rings is 1. The van der Waals surface area contributed by atoms with Gasteiger partial charge in [0.2, 0.25) is 0 Å². The summed E-state index contributed by atoms with van der Waals surface area (Å²) in [7, 11) is 0. The van der Waals surface area contributed by atoms with E-state index in [2.05, 4.69) is 10.00 Å². The van der Waals surface area contributed by atoms with Crippen molar-refractivity contribution in [2.45, 2.75) is 75.5 Å². The smallest absolute Gasteiger partial charge is 0.270 e. The molecule has 2 bridgehead atoms. The van der Waals surface area contributed by atoms with Crippen LogP contribution in [0, 0.1) is 5.92 Å². The Kier molecular flexibility index (Phi) is 3.75. The number of hydrogen-bond donors (Lipinski definition) is 3. The Morgan fingerprint density at radius 2 is 2.07 bits per heavy atom. The van der Waals surface area contributed by atoms with Crippen LogP contribution in [-0.4, -0.2) is 49.6 Å². The van der Waals surface area contributed by atoms with E-state index < -0.39 is 11.0 Å². The third kappa shape index (κ3) is 2.35. The Labute approximate surface area is 176 Å². The van der Waals surface area contributed by atoms with E-state index in [0.29, 0.717) is 12.8 Å². The summed E-state index contributed by atoms with van der Waals surface area (Å²) in [6.45, 7) is 6.02. The van der Waals surface area contributed by atoms with E-state index in [1.807, 2.05) is 26.0 Å². The van der Waals surface area contributed by atoms with Gasteiger partial charge < -0.3 is 10.2 Å². The van der Waals surface area contributed by atoms with Crippen LogP contribution in [0.1, 0.15) is 61.5 Å². The number of aromatic nitrogens is 2. The fourth-order valence-corrected chi connectivity index (χ4v) is 6.67. The summed E-state index contributed by atoms with van der Waals surface area (Å²) in [6.07, 6.45) is 5.21. The number of likely N-dealkylation sites (tertiary alicyclic amines) is 1. The van der Waals surface area contributed by atoms with Crippen molar-refractivity contribution in [1.29, 1.82) is 0 Å².